The summed E-state index contributed by atoms with van der Waals surface area (Å²) in [5.41, 5.74) is 1.27. The molecule has 4 heteroatoms. The van der Waals surface area contributed by atoms with Crippen molar-refractivity contribution in [3.8, 4) is 5.75 Å². The molecular formula is C15H13BrO2S. The van der Waals surface area contributed by atoms with Crippen LogP contribution >= 0.6 is 27.7 Å². The molecule has 0 atom stereocenters. The van der Waals surface area contributed by atoms with Crippen molar-refractivity contribution in [2.24, 2.45) is 0 Å². The monoisotopic (exact) mass is 336 g/mol. The van der Waals surface area contributed by atoms with Gasteiger partial charge in [-0.2, -0.15) is 0 Å². The predicted octanol–water partition coefficient (Wildman–Crippen LogP) is 4.41. The maximum absolute atomic E-state index is 12.6. The molecule has 2 rings (SSSR count). The lowest BCUT2D eigenvalue weighted by Crippen LogP contribution is -2.05. The van der Waals surface area contributed by atoms with Crippen molar-refractivity contribution in [3.05, 3.63) is 58.1 Å². The second-order valence-corrected chi connectivity index (χ2v) is 5.64. The summed E-state index contributed by atoms with van der Waals surface area (Å²) in [6.45, 7) is 0. The molecule has 0 bridgehead atoms. The van der Waals surface area contributed by atoms with E-state index in [0.29, 0.717) is 16.9 Å². The van der Waals surface area contributed by atoms with Gasteiger partial charge in [0.2, 0.25) is 0 Å². The minimum atomic E-state index is -0.0249. The lowest BCUT2D eigenvalue weighted by molar-refractivity contribution is 0.103. The Morgan fingerprint density at radius 2 is 1.89 bits per heavy atom. The minimum absolute atomic E-state index is 0.0249. The fourth-order valence-electron chi connectivity index (χ4n) is 1.83. The molecule has 98 valence electrons. The summed E-state index contributed by atoms with van der Waals surface area (Å²) < 4.78 is 6.13. The average Bonchev–Trinajstić information content (AvgIpc) is 2.46. The van der Waals surface area contributed by atoms with E-state index in [-0.39, 0.29) is 5.78 Å². The summed E-state index contributed by atoms with van der Waals surface area (Å²) in [6.07, 6.45) is 1.96. The zero-order valence-electron chi connectivity index (χ0n) is 10.6. The number of thioether (sulfide) groups is 1. The number of rotatable bonds is 4. The first kappa shape index (κ1) is 14.2. The van der Waals surface area contributed by atoms with E-state index in [2.05, 4.69) is 15.9 Å². The molecule has 0 aliphatic rings. The molecule has 0 radical (unpaired) electrons. The van der Waals surface area contributed by atoms with Crippen LogP contribution in [0.2, 0.25) is 0 Å². The molecule has 0 aromatic heterocycles. The first-order chi connectivity index (χ1) is 9.17. The van der Waals surface area contributed by atoms with Crippen LogP contribution in [0.5, 0.6) is 5.75 Å². The zero-order valence-corrected chi connectivity index (χ0v) is 13.0. The van der Waals surface area contributed by atoms with Gasteiger partial charge in [-0.1, -0.05) is 28.1 Å². The van der Waals surface area contributed by atoms with Crippen molar-refractivity contribution in [1.82, 2.24) is 0 Å². The van der Waals surface area contributed by atoms with Crippen molar-refractivity contribution >= 4 is 33.5 Å². The van der Waals surface area contributed by atoms with Gasteiger partial charge in [0.15, 0.2) is 5.78 Å². The average molecular weight is 337 g/mol. The number of methoxy groups -OCH3 is 1. The number of halogens is 1. The van der Waals surface area contributed by atoms with Crippen LogP contribution in [0, 0.1) is 0 Å². The van der Waals surface area contributed by atoms with Gasteiger partial charge in [0.1, 0.15) is 5.75 Å². The van der Waals surface area contributed by atoms with Crippen molar-refractivity contribution < 1.29 is 9.53 Å². The molecule has 2 nitrogen and oxygen atoms in total. The number of ketones is 1. The van der Waals surface area contributed by atoms with Gasteiger partial charge in [-0.15, -0.1) is 11.8 Å². The largest absolute Gasteiger partial charge is 0.496 e. The van der Waals surface area contributed by atoms with Crippen LogP contribution in [-0.2, 0) is 0 Å². The highest BCUT2D eigenvalue weighted by atomic mass is 79.9. The predicted molar refractivity (Wildman–Crippen MR) is 82.3 cm³/mol. The Morgan fingerprint density at radius 3 is 2.58 bits per heavy atom. The minimum Gasteiger partial charge on any atom is -0.496 e. The Kier molecular flexibility index (Phi) is 4.66. The van der Waals surface area contributed by atoms with E-state index >= 15 is 0 Å². The van der Waals surface area contributed by atoms with Crippen LogP contribution in [-0.4, -0.2) is 19.1 Å². The Hall–Kier alpha value is -1.26. The Balaban J connectivity index is 2.52. The maximum atomic E-state index is 12.6. The first-order valence-corrected chi connectivity index (χ1v) is 7.70. The Morgan fingerprint density at radius 1 is 1.16 bits per heavy atom. The van der Waals surface area contributed by atoms with Crippen LogP contribution in [0.1, 0.15) is 15.9 Å². The summed E-state index contributed by atoms with van der Waals surface area (Å²) in [7, 11) is 1.57. The van der Waals surface area contributed by atoms with Crippen molar-refractivity contribution in [2.75, 3.05) is 13.4 Å². The van der Waals surface area contributed by atoms with Gasteiger partial charge in [-0.3, -0.25) is 4.79 Å². The van der Waals surface area contributed by atoms with Crippen molar-refractivity contribution in [1.29, 1.82) is 0 Å². The third kappa shape index (κ3) is 3.01. The van der Waals surface area contributed by atoms with Gasteiger partial charge in [-0.25, -0.2) is 0 Å². The molecule has 0 saturated carbocycles. The maximum Gasteiger partial charge on any atom is 0.197 e. The second-order valence-electron chi connectivity index (χ2n) is 3.87. The van der Waals surface area contributed by atoms with Crippen LogP contribution in [0.25, 0.3) is 0 Å². The van der Waals surface area contributed by atoms with E-state index in [1.54, 1.807) is 31.0 Å². The van der Waals surface area contributed by atoms with Gasteiger partial charge in [0.05, 0.1) is 12.7 Å². The number of hydrogen-bond donors (Lipinski definition) is 0. The van der Waals surface area contributed by atoms with E-state index in [1.807, 2.05) is 36.6 Å². The molecule has 0 unspecified atom stereocenters. The van der Waals surface area contributed by atoms with Gasteiger partial charge >= 0.3 is 0 Å². The third-order valence-electron chi connectivity index (χ3n) is 2.76. The van der Waals surface area contributed by atoms with Gasteiger partial charge in [0, 0.05) is 14.9 Å². The summed E-state index contributed by atoms with van der Waals surface area (Å²) in [5, 5.41) is 0. The smallest absolute Gasteiger partial charge is 0.197 e. The fourth-order valence-corrected chi connectivity index (χ4v) is 2.79. The number of carbonyl (C=O) groups excluding carboxylic acids is 1. The number of benzene rings is 2. The molecule has 19 heavy (non-hydrogen) atoms. The summed E-state index contributed by atoms with van der Waals surface area (Å²) in [4.78, 5) is 13.6. The number of ether oxygens (including phenoxy) is 1. The van der Waals surface area contributed by atoms with E-state index in [4.69, 9.17) is 4.74 Å². The summed E-state index contributed by atoms with van der Waals surface area (Å²) in [6, 6.07) is 13.0. The molecule has 0 N–H and O–H groups in total. The fraction of sp³-hybridized carbons (Fsp3) is 0.133. The van der Waals surface area contributed by atoms with Crippen LogP contribution < -0.4 is 4.74 Å². The SMILES string of the molecule is COc1ccc(Br)cc1C(=O)c1ccccc1SC. The highest BCUT2D eigenvalue weighted by Gasteiger charge is 2.17. The molecule has 0 aliphatic heterocycles. The molecule has 0 aliphatic carbocycles. The third-order valence-corrected chi connectivity index (χ3v) is 4.05. The Bertz CT molecular complexity index is 611. The van der Waals surface area contributed by atoms with Gasteiger partial charge < -0.3 is 4.74 Å². The molecule has 0 saturated heterocycles. The number of hydrogen-bond acceptors (Lipinski definition) is 3. The molecule has 0 fully saturated rings. The molecule has 2 aromatic carbocycles. The molecule has 0 heterocycles. The van der Waals surface area contributed by atoms with Gasteiger partial charge in [0.25, 0.3) is 0 Å². The Labute approximate surface area is 125 Å². The van der Waals surface area contributed by atoms with E-state index in [1.165, 1.54) is 0 Å². The van der Waals surface area contributed by atoms with E-state index in [9.17, 15) is 4.79 Å². The topological polar surface area (TPSA) is 26.3 Å². The quantitative estimate of drug-likeness (QED) is 0.611. The summed E-state index contributed by atoms with van der Waals surface area (Å²) >= 11 is 4.95. The molecule has 0 spiro atoms. The lowest BCUT2D eigenvalue weighted by Gasteiger charge is -2.10. The van der Waals surface area contributed by atoms with E-state index in [0.717, 1.165) is 9.37 Å². The van der Waals surface area contributed by atoms with Gasteiger partial charge in [-0.05, 0) is 36.6 Å². The highest BCUT2D eigenvalue weighted by Crippen LogP contribution is 2.28. The number of carbonyl (C=O) groups is 1. The molecular weight excluding hydrogens is 324 g/mol. The van der Waals surface area contributed by atoms with Crippen LogP contribution in [0.4, 0.5) is 0 Å². The lowest BCUT2D eigenvalue weighted by atomic mass is 10.0. The van der Waals surface area contributed by atoms with Crippen LogP contribution in [0.15, 0.2) is 51.8 Å². The molecule has 0 amide bonds. The normalized spacial score (nSPS) is 10.3. The zero-order chi connectivity index (χ0) is 13.8. The second kappa shape index (κ2) is 6.26. The first-order valence-electron chi connectivity index (χ1n) is 5.68. The van der Waals surface area contributed by atoms with Crippen molar-refractivity contribution in [3.63, 3.8) is 0 Å². The van der Waals surface area contributed by atoms with Crippen molar-refractivity contribution in [2.45, 2.75) is 4.90 Å². The highest BCUT2D eigenvalue weighted by molar-refractivity contribution is 9.10. The van der Waals surface area contributed by atoms with E-state index < -0.39 is 0 Å². The summed E-state index contributed by atoms with van der Waals surface area (Å²) in [5.74, 6) is 0.562. The van der Waals surface area contributed by atoms with Crippen LogP contribution in [0.3, 0.4) is 0 Å². The standard InChI is InChI=1S/C15H13BrO2S/c1-18-13-8-7-10(16)9-12(13)15(17)11-5-3-4-6-14(11)19-2/h3-9H,1-2H3. The molecule has 2 aromatic rings.